The molecule has 0 fully saturated rings. The zero-order chi connectivity index (χ0) is 15.0. The molecule has 0 spiro atoms. The van der Waals surface area contributed by atoms with Crippen LogP contribution in [0.15, 0.2) is 18.2 Å². The minimum absolute atomic E-state index is 0.123. The molecule has 0 bridgehead atoms. The van der Waals surface area contributed by atoms with Crippen molar-refractivity contribution in [1.29, 1.82) is 0 Å². The van der Waals surface area contributed by atoms with E-state index in [0.29, 0.717) is 5.75 Å². The van der Waals surface area contributed by atoms with Crippen LogP contribution >= 0.6 is 0 Å². The monoisotopic (exact) mass is 281 g/mol. The Morgan fingerprint density at radius 1 is 1.30 bits per heavy atom. The number of rotatable bonds is 9. The molecule has 1 rings (SSSR count). The van der Waals surface area contributed by atoms with Crippen molar-refractivity contribution in [3.05, 3.63) is 29.6 Å². The van der Waals surface area contributed by atoms with Crippen molar-refractivity contribution in [3.63, 3.8) is 0 Å². The molecule has 114 valence electrons. The predicted octanol–water partition coefficient (Wildman–Crippen LogP) is 4.18. The number of benzene rings is 1. The Labute approximate surface area is 122 Å². The van der Waals surface area contributed by atoms with Crippen LogP contribution in [0.5, 0.6) is 5.75 Å². The summed E-state index contributed by atoms with van der Waals surface area (Å²) in [4.78, 5) is 0. The summed E-state index contributed by atoms with van der Waals surface area (Å²) in [5, 5.41) is 3.28. The third kappa shape index (κ3) is 4.20. The molecule has 0 aliphatic rings. The first kappa shape index (κ1) is 17.0. The number of hydrogen-bond donors (Lipinski definition) is 1. The van der Waals surface area contributed by atoms with Gasteiger partial charge >= 0.3 is 0 Å². The van der Waals surface area contributed by atoms with Gasteiger partial charge in [-0.3, -0.25) is 0 Å². The zero-order valence-electron chi connectivity index (χ0n) is 13.3. The van der Waals surface area contributed by atoms with Gasteiger partial charge in [-0.15, -0.1) is 0 Å². The molecule has 0 saturated carbocycles. The van der Waals surface area contributed by atoms with E-state index in [-0.39, 0.29) is 11.2 Å². The first-order valence-corrected chi connectivity index (χ1v) is 7.58. The van der Waals surface area contributed by atoms with Gasteiger partial charge in [0.25, 0.3) is 0 Å². The number of ether oxygens (including phenoxy) is 1. The highest BCUT2D eigenvalue weighted by atomic mass is 19.1. The molecule has 1 unspecified atom stereocenters. The molecule has 0 aliphatic heterocycles. The number of methoxy groups -OCH3 is 1. The molecule has 1 atom stereocenters. The second-order valence-corrected chi connectivity index (χ2v) is 5.60. The van der Waals surface area contributed by atoms with E-state index in [1.54, 1.807) is 6.07 Å². The highest BCUT2D eigenvalue weighted by Crippen LogP contribution is 2.34. The third-order valence-electron chi connectivity index (χ3n) is 4.19. The molecule has 0 amide bonds. The van der Waals surface area contributed by atoms with Gasteiger partial charge in [0.15, 0.2) is 11.6 Å². The van der Waals surface area contributed by atoms with Crippen molar-refractivity contribution < 1.29 is 9.13 Å². The van der Waals surface area contributed by atoms with Crippen LogP contribution in [0, 0.1) is 11.2 Å². The second kappa shape index (κ2) is 8.25. The minimum Gasteiger partial charge on any atom is -0.494 e. The maximum Gasteiger partial charge on any atom is 0.168 e. The summed E-state index contributed by atoms with van der Waals surface area (Å²) in [5.74, 6) is 0.132. The second-order valence-electron chi connectivity index (χ2n) is 5.60. The van der Waals surface area contributed by atoms with Crippen LogP contribution in [0.1, 0.15) is 45.1 Å². The molecule has 20 heavy (non-hydrogen) atoms. The Balaban J connectivity index is 2.99. The highest BCUT2D eigenvalue weighted by Gasteiger charge is 2.28. The van der Waals surface area contributed by atoms with Crippen LogP contribution in [0.25, 0.3) is 0 Å². The van der Waals surface area contributed by atoms with Gasteiger partial charge in [0.05, 0.1) is 7.11 Å². The molecule has 0 aliphatic carbocycles. The van der Waals surface area contributed by atoms with Crippen molar-refractivity contribution in [3.8, 4) is 5.75 Å². The van der Waals surface area contributed by atoms with E-state index in [2.05, 4.69) is 19.2 Å². The van der Waals surface area contributed by atoms with Gasteiger partial charge < -0.3 is 10.1 Å². The maximum absolute atomic E-state index is 14.4. The summed E-state index contributed by atoms with van der Waals surface area (Å²) in [5.41, 5.74) is 0.885. The lowest BCUT2D eigenvalue weighted by atomic mass is 9.75. The van der Waals surface area contributed by atoms with Crippen molar-refractivity contribution in [2.45, 2.75) is 46.0 Å². The number of unbranched alkanes of at least 4 members (excludes halogenated alkanes) is 1. The average Bonchev–Trinajstić information content (AvgIpc) is 2.47. The number of halogens is 1. The van der Waals surface area contributed by atoms with Crippen LogP contribution in [0.4, 0.5) is 4.39 Å². The largest absolute Gasteiger partial charge is 0.494 e. The molecule has 3 heteroatoms. The summed E-state index contributed by atoms with van der Waals surface area (Å²) >= 11 is 0. The van der Waals surface area contributed by atoms with Crippen LogP contribution in [-0.4, -0.2) is 20.7 Å². The SMILES string of the molecule is CCCCC(CC)(CNC)Cc1cccc(OC)c1F. The lowest BCUT2D eigenvalue weighted by molar-refractivity contribution is 0.231. The molecule has 0 saturated heterocycles. The summed E-state index contributed by atoms with van der Waals surface area (Å²) in [6.07, 6.45) is 5.28. The highest BCUT2D eigenvalue weighted by molar-refractivity contribution is 5.31. The Kier molecular flexibility index (Phi) is 7.00. The fourth-order valence-corrected chi connectivity index (χ4v) is 2.85. The van der Waals surface area contributed by atoms with Gasteiger partial charge in [0, 0.05) is 6.54 Å². The van der Waals surface area contributed by atoms with E-state index < -0.39 is 0 Å². The van der Waals surface area contributed by atoms with Crippen molar-refractivity contribution >= 4 is 0 Å². The maximum atomic E-state index is 14.4. The van der Waals surface area contributed by atoms with Crippen LogP contribution < -0.4 is 10.1 Å². The van der Waals surface area contributed by atoms with Crippen LogP contribution in [-0.2, 0) is 6.42 Å². The standard InChI is InChI=1S/C17H28FNO/c1-5-7-11-17(6-2,13-19-3)12-14-9-8-10-15(20-4)16(14)18/h8-10,19H,5-7,11-13H2,1-4H3. The quantitative estimate of drug-likeness (QED) is 0.733. The molecular formula is C17H28FNO. The van der Waals surface area contributed by atoms with Gasteiger partial charge in [-0.05, 0) is 43.4 Å². The predicted molar refractivity (Wildman–Crippen MR) is 82.8 cm³/mol. The average molecular weight is 281 g/mol. The Hall–Kier alpha value is -1.09. The van der Waals surface area contributed by atoms with Crippen LogP contribution in [0.2, 0.25) is 0 Å². The fourth-order valence-electron chi connectivity index (χ4n) is 2.85. The van der Waals surface area contributed by atoms with Crippen molar-refractivity contribution in [1.82, 2.24) is 5.32 Å². The molecule has 0 aromatic heterocycles. The first-order chi connectivity index (χ1) is 9.62. The van der Waals surface area contributed by atoms with E-state index in [1.165, 1.54) is 20.0 Å². The molecule has 0 radical (unpaired) electrons. The lowest BCUT2D eigenvalue weighted by Crippen LogP contribution is -2.34. The van der Waals surface area contributed by atoms with Crippen molar-refractivity contribution in [2.75, 3.05) is 20.7 Å². The van der Waals surface area contributed by atoms with E-state index in [4.69, 9.17) is 4.74 Å². The fraction of sp³-hybridized carbons (Fsp3) is 0.647. The summed E-state index contributed by atoms with van der Waals surface area (Å²) in [7, 11) is 3.48. The topological polar surface area (TPSA) is 21.3 Å². The lowest BCUT2D eigenvalue weighted by Gasteiger charge is -2.33. The zero-order valence-corrected chi connectivity index (χ0v) is 13.3. The third-order valence-corrected chi connectivity index (χ3v) is 4.19. The molecule has 1 aromatic rings. The molecular weight excluding hydrogens is 253 g/mol. The van der Waals surface area contributed by atoms with Crippen molar-refractivity contribution in [2.24, 2.45) is 5.41 Å². The summed E-state index contributed by atoms with van der Waals surface area (Å²) in [6.45, 7) is 5.32. The Morgan fingerprint density at radius 2 is 2.05 bits per heavy atom. The van der Waals surface area contributed by atoms with Gasteiger partial charge in [0.1, 0.15) is 0 Å². The number of hydrogen-bond acceptors (Lipinski definition) is 2. The first-order valence-electron chi connectivity index (χ1n) is 7.58. The van der Waals surface area contributed by atoms with E-state index >= 15 is 0 Å². The number of nitrogens with one attached hydrogen (secondary N) is 1. The molecule has 1 N–H and O–H groups in total. The molecule has 2 nitrogen and oxygen atoms in total. The van der Waals surface area contributed by atoms with Gasteiger partial charge in [-0.2, -0.15) is 0 Å². The minimum atomic E-state index is -0.208. The molecule has 1 aromatic carbocycles. The van der Waals surface area contributed by atoms with Crippen LogP contribution in [0.3, 0.4) is 0 Å². The van der Waals surface area contributed by atoms with E-state index in [9.17, 15) is 4.39 Å². The summed E-state index contributed by atoms with van der Waals surface area (Å²) < 4.78 is 19.4. The van der Waals surface area contributed by atoms with Gasteiger partial charge in [-0.25, -0.2) is 4.39 Å². The summed E-state index contributed by atoms with van der Waals surface area (Å²) in [6, 6.07) is 5.43. The van der Waals surface area contributed by atoms with Gasteiger partial charge in [-0.1, -0.05) is 38.8 Å². The van der Waals surface area contributed by atoms with Gasteiger partial charge in [0.2, 0.25) is 0 Å². The normalized spacial score (nSPS) is 14.1. The Bertz CT molecular complexity index is 408. The van der Waals surface area contributed by atoms with E-state index in [1.807, 2.05) is 19.2 Å². The molecule has 0 heterocycles. The van der Waals surface area contributed by atoms with E-state index in [0.717, 1.165) is 31.4 Å². The Morgan fingerprint density at radius 3 is 2.60 bits per heavy atom. The smallest absolute Gasteiger partial charge is 0.168 e.